The number of carbonyl (C=O) groups is 2. The zero-order valence-corrected chi connectivity index (χ0v) is 18.2. The second kappa shape index (κ2) is 10.0. The predicted octanol–water partition coefficient (Wildman–Crippen LogP) is 4.23. The molecule has 1 aromatic carbocycles. The summed E-state index contributed by atoms with van der Waals surface area (Å²) in [5, 5.41) is 5.09. The Morgan fingerprint density at radius 1 is 1.24 bits per heavy atom. The number of amides is 2. The Kier molecular flexibility index (Phi) is 7.45. The van der Waals surface area contributed by atoms with Crippen LogP contribution in [0.2, 0.25) is 0 Å². The van der Waals surface area contributed by atoms with Crippen LogP contribution in [0.4, 0.5) is 0 Å². The van der Waals surface area contributed by atoms with E-state index in [4.69, 9.17) is 4.74 Å². The fraction of sp³-hybridized carbons (Fsp3) is 0.478. The van der Waals surface area contributed by atoms with Gasteiger partial charge >= 0.3 is 0 Å². The number of nitrogens with zero attached hydrogens (tertiary/aromatic N) is 1. The molecular weight excluding hydrogens is 384 g/mol. The number of benzene rings is 1. The lowest BCUT2D eigenvalue weighted by atomic mass is 9.81. The summed E-state index contributed by atoms with van der Waals surface area (Å²) in [6.07, 6.45) is 0.770. The van der Waals surface area contributed by atoms with Crippen LogP contribution in [0.15, 0.2) is 41.8 Å². The Morgan fingerprint density at radius 2 is 2.03 bits per heavy atom. The van der Waals surface area contributed by atoms with E-state index in [2.05, 4.69) is 19.2 Å². The fourth-order valence-electron chi connectivity index (χ4n) is 3.89. The summed E-state index contributed by atoms with van der Waals surface area (Å²) in [4.78, 5) is 29.6. The molecule has 0 saturated heterocycles. The number of carbonyl (C=O) groups excluding carboxylic acids is 2. The lowest BCUT2D eigenvalue weighted by Crippen LogP contribution is -2.48. The van der Waals surface area contributed by atoms with Gasteiger partial charge in [0.25, 0.3) is 5.91 Å². The highest BCUT2D eigenvalue weighted by atomic mass is 32.1. The summed E-state index contributed by atoms with van der Waals surface area (Å²) < 4.78 is 5.37. The van der Waals surface area contributed by atoms with Gasteiger partial charge in [0.2, 0.25) is 5.91 Å². The topological polar surface area (TPSA) is 58.6 Å². The third kappa shape index (κ3) is 4.87. The van der Waals surface area contributed by atoms with Crippen LogP contribution in [0.5, 0.6) is 0 Å². The van der Waals surface area contributed by atoms with Gasteiger partial charge in [-0.1, -0.05) is 38.1 Å². The van der Waals surface area contributed by atoms with Gasteiger partial charge in [0.1, 0.15) is 0 Å². The van der Waals surface area contributed by atoms with Crippen LogP contribution in [-0.2, 0) is 9.53 Å². The van der Waals surface area contributed by atoms with Gasteiger partial charge in [-0.2, -0.15) is 0 Å². The zero-order valence-electron chi connectivity index (χ0n) is 17.4. The van der Waals surface area contributed by atoms with E-state index in [0.29, 0.717) is 37.8 Å². The summed E-state index contributed by atoms with van der Waals surface area (Å²) in [5.74, 6) is -0.142. The molecule has 0 unspecified atom stereocenters. The van der Waals surface area contributed by atoms with Gasteiger partial charge in [-0.3, -0.25) is 9.59 Å². The van der Waals surface area contributed by atoms with E-state index in [1.807, 2.05) is 53.6 Å². The van der Waals surface area contributed by atoms with Crippen molar-refractivity contribution in [3.63, 3.8) is 0 Å². The first-order valence-corrected chi connectivity index (χ1v) is 11.2. The molecule has 3 rings (SSSR count). The molecule has 29 heavy (non-hydrogen) atoms. The summed E-state index contributed by atoms with van der Waals surface area (Å²) in [6, 6.07) is 11.3. The molecule has 1 N–H and O–H groups in total. The van der Waals surface area contributed by atoms with Crippen LogP contribution in [0.1, 0.15) is 60.0 Å². The average molecular weight is 415 g/mol. The van der Waals surface area contributed by atoms with Crippen molar-refractivity contribution >= 4 is 23.2 Å². The highest BCUT2D eigenvalue weighted by Crippen LogP contribution is 2.44. The summed E-state index contributed by atoms with van der Waals surface area (Å²) >= 11 is 1.60. The SMILES string of the molecule is CCOCCCNC(=O)[C@@H]1c2ccccc2C(=O)N(CC(C)C)[C@@H]1c1cccs1. The third-order valence-electron chi connectivity index (χ3n) is 5.09. The monoisotopic (exact) mass is 414 g/mol. The van der Waals surface area contributed by atoms with Crippen molar-refractivity contribution in [2.45, 2.75) is 39.2 Å². The van der Waals surface area contributed by atoms with E-state index in [1.54, 1.807) is 11.3 Å². The number of nitrogens with one attached hydrogen (secondary N) is 1. The summed E-state index contributed by atoms with van der Waals surface area (Å²) in [7, 11) is 0. The van der Waals surface area contributed by atoms with Crippen molar-refractivity contribution in [1.29, 1.82) is 0 Å². The Labute approximate surface area is 177 Å². The Bertz CT molecular complexity index is 819. The minimum atomic E-state index is -0.423. The van der Waals surface area contributed by atoms with Crippen molar-refractivity contribution in [1.82, 2.24) is 10.2 Å². The molecule has 2 heterocycles. The van der Waals surface area contributed by atoms with Crippen molar-refractivity contribution in [3.05, 3.63) is 57.8 Å². The first-order chi connectivity index (χ1) is 14.0. The highest BCUT2D eigenvalue weighted by molar-refractivity contribution is 7.10. The summed E-state index contributed by atoms with van der Waals surface area (Å²) in [5.41, 5.74) is 1.45. The molecule has 5 nitrogen and oxygen atoms in total. The first kappa shape index (κ1) is 21.5. The van der Waals surface area contributed by atoms with Crippen LogP contribution >= 0.6 is 11.3 Å². The van der Waals surface area contributed by atoms with Gasteiger partial charge in [-0.25, -0.2) is 0 Å². The molecule has 156 valence electrons. The summed E-state index contributed by atoms with van der Waals surface area (Å²) in [6.45, 7) is 8.64. The molecule has 2 atom stereocenters. The molecule has 2 aromatic rings. The van der Waals surface area contributed by atoms with Crippen LogP contribution in [0.25, 0.3) is 0 Å². The van der Waals surface area contributed by atoms with Gasteiger partial charge in [0.05, 0.1) is 12.0 Å². The number of thiophene rings is 1. The number of hydrogen-bond acceptors (Lipinski definition) is 4. The van der Waals surface area contributed by atoms with E-state index < -0.39 is 5.92 Å². The van der Waals surface area contributed by atoms with Gasteiger partial charge in [0, 0.05) is 36.7 Å². The van der Waals surface area contributed by atoms with Crippen LogP contribution in [-0.4, -0.2) is 43.0 Å². The third-order valence-corrected chi connectivity index (χ3v) is 6.03. The predicted molar refractivity (Wildman–Crippen MR) is 116 cm³/mol. The molecule has 2 amide bonds. The smallest absolute Gasteiger partial charge is 0.254 e. The van der Waals surface area contributed by atoms with E-state index in [1.165, 1.54) is 0 Å². The quantitative estimate of drug-likeness (QED) is 0.625. The minimum absolute atomic E-state index is 0.00750. The van der Waals surface area contributed by atoms with Gasteiger partial charge in [-0.15, -0.1) is 11.3 Å². The molecule has 1 aromatic heterocycles. The molecular formula is C23H30N2O3S. The maximum atomic E-state index is 13.4. The molecule has 0 fully saturated rings. The van der Waals surface area contributed by atoms with Crippen molar-refractivity contribution in [3.8, 4) is 0 Å². The minimum Gasteiger partial charge on any atom is -0.382 e. The Morgan fingerprint density at radius 3 is 2.72 bits per heavy atom. The van der Waals surface area contributed by atoms with Crippen LogP contribution < -0.4 is 5.32 Å². The number of hydrogen-bond donors (Lipinski definition) is 1. The van der Waals surface area contributed by atoms with Crippen LogP contribution in [0.3, 0.4) is 0 Å². The largest absolute Gasteiger partial charge is 0.382 e. The zero-order chi connectivity index (χ0) is 20.8. The van der Waals surface area contributed by atoms with E-state index in [-0.39, 0.29) is 17.9 Å². The van der Waals surface area contributed by atoms with Crippen molar-refractivity contribution in [2.24, 2.45) is 5.92 Å². The molecule has 0 radical (unpaired) electrons. The molecule has 1 aliphatic heterocycles. The maximum Gasteiger partial charge on any atom is 0.254 e. The van der Waals surface area contributed by atoms with Crippen molar-refractivity contribution < 1.29 is 14.3 Å². The number of fused-ring (bicyclic) bond motifs is 1. The molecule has 0 spiro atoms. The van der Waals surface area contributed by atoms with Gasteiger partial charge in [0.15, 0.2) is 0 Å². The number of ether oxygens (including phenoxy) is 1. The Balaban J connectivity index is 1.95. The fourth-order valence-corrected chi connectivity index (χ4v) is 4.76. The molecule has 0 aliphatic carbocycles. The second-order valence-electron chi connectivity index (χ2n) is 7.72. The molecule has 0 saturated carbocycles. The average Bonchev–Trinajstić information content (AvgIpc) is 3.23. The van der Waals surface area contributed by atoms with Crippen molar-refractivity contribution in [2.75, 3.05) is 26.3 Å². The molecule has 0 bridgehead atoms. The maximum absolute atomic E-state index is 13.4. The Hall–Kier alpha value is -2.18. The van der Waals surface area contributed by atoms with E-state index in [0.717, 1.165) is 16.9 Å². The van der Waals surface area contributed by atoms with E-state index >= 15 is 0 Å². The lowest BCUT2D eigenvalue weighted by Gasteiger charge is -2.42. The van der Waals surface area contributed by atoms with E-state index in [9.17, 15) is 9.59 Å². The van der Waals surface area contributed by atoms with Gasteiger partial charge < -0.3 is 15.0 Å². The normalized spacial score (nSPS) is 18.8. The highest BCUT2D eigenvalue weighted by Gasteiger charge is 2.44. The lowest BCUT2D eigenvalue weighted by molar-refractivity contribution is -0.124. The van der Waals surface area contributed by atoms with Crippen LogP contribution in [0, 0.1) is 5.92 Å². The standard InChI is InChI=1S/C23H30N2O3S/c1-4-28-13-8-12-24-22(26)20-17-9-5-6-10-18(17)23(27)25(15-16(2)3)21(20)19-11-7-14-29-19/h5-7,9-11,14,16,20-21H,4,8,12-13,15H2,1-3H3,(H,24,26)/t20-,21-/m1/s1. The van der Waals surface area contributed by atoms with Gasteiger partial charge in [-0.05, 0) is 42.3 Å². The number of rotatable bonds is 9. The second-order valence-corrected chi connectivity index (χ2v) is 8.70. The molecule has 6 heteroatoms. The molecule has 1 aliphatic rings. The first-order valence-electron chi connectivity index (χ1n) is 10.3.